The molecular formula is C24H21BrN2O3. The van der Waals surface area contributed by atoms with Crippen molar-refractivity contribution in [3.63, 3.8) is 0 Å². The van der Waals surface area contributed by atoms with Crippen LogP contribution < -0.4 is 5.32 Å². The summed E-state index contributed by atoms with van der Waals surface area (Å²) in [6, 6.07) is 24.0. The van der Waals surface area contributed by atoms with E-state index in [0.717, 1.165) is 10.0 Å². The highest BCUT2D eigenvalue weighted by Gasteiger charge is 2.27. The van der Waals surface area contributed by atoms with E-state index in [9.17, 15) is 9.59 Å². The third-order valence-corrected chi connectivity index (χ3v) is 5.57. The molecule has 0 bridgehead atoms. The number of amides is 2. The van der Waals surface area contributed by atoms with Gasteiger partial charge in [0, 0.05) is 16.6 Å². The van der Waals surface area contributed by atoms with Crippen LogP contribution in [0.25, 0.3) is 0 Å². The first kappa shape index (κ1) is 20.3. The van der Waals surface area contributed by atoms with Crippen LogP contribution >= 0.6 is 15.9 Å². The Morgan fingerprint density at radius 3 is 2.40 bits per heavy atom. The fraction of sp³-hybridized carbons (Fsp3) is 0.167. The zero-order valence-electron chi connectivity index (χ0n) is 16.3. The number of ether oxygens (including phenoxy) is 1. The summed E-state index contributed by atoms with van der Waals surface area (Å²) in [6.45, 7) is 1.43. The lowest BCUT2D eigenvalue weighted by molar-refractivity contribution is -0.0227. The number of morpholine rings is 1. The fourth-order valence-corrected chi connectivity index (χ4v) is 3.71. The van der Waals surface area contributed by atoms with Gasteiger partial charge in [-0.1, -0.05) is 58.4 Å². The van der Waals surface area contributed by atoms with Crippen LogP contribution in [0.5, 0.6) is 0 Å². The summed E-state index contributed by atoms with van der Waals surface area (Å²) in [7, 11) is 0. The van der Waals surface area contributed by atoms with E-state index < -0.39 is 0 Å². The number of nitrogens with one attached hydrogen (secondary N) is 1. The second kappa shape index (κ2) is 9.24. The molecule has 3 aromatic rings. The minimum Gasteiger partial charge on any atom is -0.370 e. The van der Waals surface area contributed by atoms with Gasteiger partial charge >= 0.3 is 0 Å². The number of carbonyl (C=O) groups excluding carboxylic acids is 2. The van der Waals surface area contributed by atoms with Gasteiger partial charge in [-0.05, 0) is 42.0 Å². The van der Waals surface area contributed by atoms with E-state index in [-0.39, 0.29) is 17.9 Å². The van der Waals surface area contributed by atoms with Crippen molar-refractivity contribution >= 4 is 33.4 Å². The SMILES string of the molecule is O=C(Nc1ccccc1C(=O)N1CCOC(c2ccc(Br)cc2)C1)c1ccccc1. The highest BCUT2D eigenvalue weighted by Crippen LogP contribution is 2.26. The van der Waals surface area contributed by atoms with Crippen molar-refractivity contribution < 1.29 is 14.3 Å². The van der Waals surface area contributed by atoms with E-state index in [1.54, 1.807) is 41.3 Å². The first-order chi connectivity index (χ1) is 14.6. The van der Waals surface area contributed by atoms with Crippen molar-refractivity contribution in [1.82, 2.24) is 4.90 Å². The standard InChI is InChI=1S/C24H21BrN2O3/c25-19-12-10-17(11-13-19)22-16-27(14-15-30-22)24(29)20-8-4-5-9-21(20)26-23(28)18-6-2-1-3-7-18/h1-13,22H,14-16H2,(H,26,28). The monoisotopic (exact) mass is 464 g/mol. The number of carbonyl (C=O) groups is 2. The molecule has 6 heteroatoms. The molecule has 0 aromatic heterocycles. The van der Waals surface area contributed by atoms with E-state index in [4.69, 9.17) is 4.74 Å². The molecule has 3 aromatic carbocycles. The van der Waals surface area contributed by atoms with E-state index in [1.165, 1.54) is 0 Å². The maximum atomic E-state index is 13.3. The van der Waals surface area contributed by atoms with Gasteiger partial charge in [0.2, 0.25) is 0 Å². The molecular weight excluding hydrogens is 444 g/mol. The number of halogens is 1. The zero-order valence-corrected chi connectivity index (χ0v) is 17.8. The Morgan fingerprint density at radius 2 is 1.63 bits per heavy atom. The molecule has 30 heavy (non-hydrogen) atoms. The first-order valence-corrected chi connectivity index (χ1v) is 10.5. The fourth-order valence-electron chi connectivity index (χ4n) is 3.45. The molecule has 0 radical (unpaired) electrons. The molecule has 0 saturated carbocycles. The molecule has 1 N–H and O–H groups in total. The smallest absolute Gasteiger partial charge is 0.256 e. The predicted molar refractivity (Wildman–Crippen MR) is 120 cm³/mol. The highest BCUT2D eigenvalue weighted by atomic mass is 79.9. The summed E-state index contributed by atoms with van der Waals surface area (Å²) < 4.78 is 6.89. The van der Waals surface area contributed by atoms with Crippen molar-refractivity contribution in [2.45, 2.75) is 6.10 Å². The average Bonchev–Trinajstić information content (AvgIpc) is 2.80. The van der Waals surface area contributed by atoms with Gasteiger partial charge in [0.1, 0.15) is 6.10 Å². The summed E-state index contributed by atoms with van der Waals surface area (Å²) in [5, 5.41) is 2.87. The zero-order chi connectivity index (χ0) is 20.9. The molecule has 1 saturated heterocycles. The van der Waals surface area contributed by atoms with Crippen LogP contribution in [0.2, 0.25) is 0 Å². The summed E-state index contributed by atoms with van der Waals surface area (Å²) in [6.07, 6.45) is -0.179. The van der Waals surface area contributed by atoms with Gasteiger partial charge in [-0.25, -0.2) is 0 Å². The number of nitrogens with zero attached hydrogens (tertiary/aromatic N) is 1. The molecule has 5 nitrogen and oxygen atoms in total. The van der Waals surface area contributed by atoms with Crippen molar-refractivity contribution in [1.29, 1.82) is 0 Å². The minimum atomic E-state index is -0.245. The lowest BCUT2D eigenvalue weighted by Gasteiger charge is -2.33. The average molecular weight is 465 g/mol. The van der Waals surface area contributed by atoms with E-state index in [0.29, 0.717) is 36.5 Å². The molecule has 1 atom stereocenters. The lowest BCUT2D eigenvalue weighted by atomic mass is 10.1. The van der Waals surface area contributed by atoms with Gasteiger partial charge in [0.25, 0.3) is 11.8 Å². The molecule has 1 aliphatic heterocycles. The summed E-state index contributed by atoms with van der Waals surface area (Å²) in [4.78, 5) is 27.6. The van der Waals surface area contributed by atoms with Crippen LogP contribution in [0.4, 0.5) is 5.69 Å². The third kappa shape index (κ3) is 4.61. The normalized spacial score (nSPS) is 16.2. The van der Waals surface area contributed by atoms with Crippen LogP contribution in [0.1, 0.15) is 32.4 Å². The number of hydrogen-bond acceptors (Lipinski definition) is 3. The molecule has 2 amide bonds. The predicted octanol–water partition coefficient (Wildman–Crippen LogP) is 4.92. The van der Waals surface area contributed by atoms with Crippen molar-refractivity contribution in [2.24, 2.45) is 0 Å². The maximum Gasteiger partial charge on any atom is 0.256 e. The van der Waals surface area contributed by atoms with E-state index in [2.05, 4.69) is 21.2 Å². The number of benzene rings is 3. The molecule has 1 fully saturated rings. The minimum absolute atomic E-state index is 0.121. The van der Waals surface area contributed by atoms with Gasteiger partial charge in [-0.3, -0.25) is 9.59 Å². The van der Waals surface area contributed by atoms with Crippen molar-refractivity contribution in [2.75, 3.05) is 25.0 Å². The molecule has 152 valence electrons. The summed E-state index contributed by atoms with van der Waals surface area (Å²) >= 11 is 3.44. The highest BCUT2D eigenvalue weighted by molar-refractivity contribution is 9.10. The Labute approximate surface area is 183 Å². The molecule has 0 aliphatic carbocycles. The van der Waals surface area contributed by atoms with Crippen LogP contribution in [0, 0.1) is 0 Å². The van der Waals surface area contributed by atoms with E-state index in [1.807, 2.05) is 42.5 Å². The number of hydrogen-bond donors (Lipinski definition) is 1. The van der Waals surface area contributed by atoms with Crippen molar-refractivity contribution in [3.8, 4) is 0 Å². The number of anilines is 1. The molecule has 1 aliphatic rings. The lowest BCUT2D eigenvalue weighted by Crippen LogP contribution is -2.42. The van der Waals surface area contributed by atoms with Crippen molar-refractivity contribution in [3.05, 3.63) is 100 Å². The summed E-state index contributed by atoms with van der Waals surface area (Å²) in [5.41, 5.74) is 2.55. The quantitative estimate of drug-likeness (QED) is 0.596. The Kier molecular flexibility index (Phi) is 6.26. The Balaban J connectivity index is 1.52. The van der Waals surface area contributed by atoms with Crippen LogP contribution in [-0.4, -0.2) is 36.4 Å². The second-order valence-electron chi connectivity index (χ2n) is 7.03. The molecule has 1 heterocycles. The number of para-hydroxylation sites is 1. The van der Waals surface area contributed by atoms with Gasteiger partial charge in [0.05, 0.1) is 24.4 Å². The van der Waals surface area contributed by atoms with Gasteiger partial charge < -0.3 is 15.0 Å². The summed E-state index contributed by atoms with van der Waals surface area (Å²) in [5.74, 6) is -0.366. The molecule has 4 rings (SSSR count). The Bertz CT molecular complexity index is 1040. The maximum absolute atomic E-state index is 13.3. The molecule has 1 unspecified atom stereocenters. The number of rotatable bonds is 4. The second-order valence-corrected chi connectivity index (χ2v) is 7.94. The van der Waals surface area contributed by atoms with Crippen LogP contribution in [0.3, 0.4) is 0 Å². The Morgan fingerprint density at radius 1 is 0.933 bits per heavy atom. The van der Waals surface area contributed by atoms with Gasteiger partial charge in [-0.2, -0.15) is 0 Å². The largest absolute Gasteiger partial charge is 0.370 e. The first-order valence-electron chi connectivity index (χ1n) is 9.73. The van der Waals surface area contributed by atoms with Crippen LogP contribution in [0.15, 0.2) is 83.3 Å². The van der Waals surface area contributed by atoms with Gasteiger partial charge in [-0.15, -0.1) is 0 Å². The van der Waals surface area contributed by atoms with E-state index >= 15 is 0 Å². The van der Waals surface area contributed by atoms with Crippen LogP contribution in [-0.2, 0) is 4.74 Å². The topological polar surface area (TPSA) is 58.6 Å². The van der Waals surface area contributed by atoms with Gasteiger partial charge in [0.15, 0.2) is 0 Å². The Hall–Kier alpha value is -2.96. The third-order valence-electron chi connectivity index (χ3n) is 5.04. The molecule has 0 spiro atoms.